The van der Waals surface area contributed by atoms with Gasteiger partial charge in [-0.05, 0) is 46.8 Å². The Morgan fingerprint density at radius 1 is 0.875 bits per heavy atom. The molecule has 0 amide bonds. The quantitative estimate of drug-likeness (QED) is 0.677. The molecule has 0 spiro atoms. The first kappa shape index (κ1) is 16.2. The zero-order valence-electron chi connectivity index (χ0n) is 13.7. The van der Waals surface area contributed by atoms with Gasteiger partial charge in [-0.1, -0.05) is 12.2 Å². The number of methoxy groups -OCH3 is 3. The summed E-state index contributed by atoms with van der Waals surface area (Å²) in [5.74, 6) is 2.06. The van der Waals surface area contributed by atoms with E-state index in [4.69, 9.17) is 14.2 Å². The second kappa shape index (κ2) is 6.84. The lowest BCUT2D eigenvalue weighted by molar-refractivity contribution is 0.324. The van der Waals surface area contributed by atoms with E-state index in [9.17, 15) is 5.11 Å². The minimum absolute atomic E-state index is 0.290. The van der Waals surface area contributed by atoms with E-state index in [1.54, 1.807) is 38.7 Å². The van der Waals surface area contributed by atoms with Gasteiger partial charge in [0, 0.05) is 10.1 Å². The molecule has 0 aliphatic rings. The van der Waals surface area contributed by atoms with E-state index in [1.165, 1.54) is 0 Å². The Labute approximate surface area is 144 Å². The molecule has 0 bridgehead atoms. The summed E-state index contributed by atoms with van der Waals surface area (Å²) in [5.41, 5.74) is 1.84. The fourth-order valence-electron chi connectivity index (χ4n) is 2.56. The molecule has 0 aliphatic heterocycles. The molecule has 5 heteroatoms. The number of rotatable bonds is 5. The van der Waals surface area contributed by atoms with Crippen molar-refractivity contribution in [1.82, 2.24) is 0 Å². The summed E-state index contributed by atoms with van der Waals surface area (Å²) in [6.45, 7) is 0. The number of benzene rings is 2. The van der Waals surface area contributed by atoms with Crippen LogP contribution in [0.2, 0.25) is 0 Å². The van der Waals surface area contributed by atoms with Crippen molar-refractivity contribution in [2.45, 2.75) is 0 Å². The molecule has 4 nitrogen and oxygen atoms in total. The second-order valence-electron chi connectivity index (χ2n) is 5.16. The number of hydrogen-bond donors (Lipinski definition) is 1. The fraction of sp³-hybridized carbons (Fsp3) is 0.158. The highest BCUT2D eigenvalue weighted by molar-refractivity contribution is 7.17. The van der Waals surface area contributed by atoms with E-state index >= 15 is 0 Å². The van der Waals surface area contributed by atoms with Gasteiger partial charge in [-0.2, -0.15) is 0 Å². The van der Waals surface area contributed by atoms with Gasteiger partial charge in [0.05, 0.1) is 21.3 Å². The number of phenols is 1. The molecule has 1 aromatic heterocycles. The Balaban J connectivity index is 1.98. The molecule has 3 rings (SSSR count). The first-order valence-electron chi connectivity index (χ1n) is 7.34. The van der Waals surface area contributed by atoms with E-state index in [2.05, 4.69) is 0 Å². The average Bonchev–Trinajstić information content (AvgIpc) is 3.08. The number of thiophene rings is 1. The van der Waals surface area contributed by atoms with Crippen LogP contribution in [0.3, 0.4) is 0 Å². The molecule has 0 saturated heterocycles. The van der Waals surface area contributed by atoms with Gasteiger partial charge in [0.1, 0.15) is 5.75 Å². The third-order valence-corrected chi connectivity index (χ3v) is 4.59. The first-order chi connectivity index (χ1) is 11.7. The average molecular weight is 342 g/mol. The molecular weight excluding hydrogens is 324 g/mol. The van der Waals surface area contributed by atoms with Crippen LogP contribution in [0.1, 0.15) is 11.1 Å². The first-order valence-corrected chi connectivity index (χ1v) is 8.22. The summed E-state index contributed by atoms with van der Waals surface area (Å²) < 4.78 is 17.1. The van der Waals surface area contributed by atoms with Crippen LogP contribution in [0.15, 0.2) is 35.7 Å². The normalized spacial score (nSPS) is 11.1. The standard InChI is InChI=1S/C19H18O4S/c1-21-16-9-13(10-17(22-2)19(16)23-3)5-4-12-8-15(20)14-6-7-24-18(14)11-12/h4-11,20H,1-3H3/b5-4+. The van der Waals surface area contributed by atoms with Crippen molar-refractivity contribution in [3.63, 3.8) is 0 Å². The molecule has 2 aromatic carbocycles. The Hall–Kier alpha value is -2.66. The molecule has 1 heterocycles. The monoisotopic (exact) mass is 342 g/mol. The highest BCUT2D eigenvalue weighted by Crippen LogP contribution is 2.39. The van der Waals surface area contributed by atoms with Gasteiger partial charge in [0.2, 0.25) is 5.75 Å². The molecule has 3 aromatic rings. The molecule has 0 aliphatic carbocycles. The minimum atomic E-state index is 0.290. The molecule has 0 unspecified atom stereocenters. The Bertz CT molecular complexity index is 871. The van der Waals surface area contributed by atoms with Crippen molar-refractivity contribution < 1.29 is 19.3 Å². The fourth-order valence-corrected chi connectivity index (χ4v) is 3.41. The van der Waals surface area contributed by atoms with Crippen molar-refractivity contribution in [1.29, 1.82) is 0 Å². The number of phenolic OH excluding ortho intramolecular Hbond substituents is 1. The molecule has 0 radical (unpaired) electrons. The van der Waals surface area contributed by atoms with Crippen LogP contribution in [-0.4, -0.2) is 26.4 Å². The van der Waals surface area contributed by atoms with Gasteiger partial charge in [0.15, 0.2) is 11.5 Å². The maximum atomic E-state index is 10.1. The number of fused-ring (bicyclic) bond motifs is 1. The molecule has 0 atom stereocenters. The summed E-state index contributed by atoms with van der Waals surface area (Å²) in [7, 11) is 4.76. The number of ether oxygens (including phenoxy) is 3. The van der Waals surface area contributed by atoms with Gasteiger partial charge in [-0.3, -0.25) is 0 Å². The van der Waals surface area contributed by atoms with Gasteiger partial charge in [-0.15, -0.1) is 11.3 Å². The van der Waals surface area contributed by atoms with E-state index in [-0.39, 0.29) is 0 Å². The second-order valence-corrected chi connectivity index (χ2v) is 6.11. The van der Waals surface area contributed by atoms with Crippen LogP contribution in [-0.2, 0) is 0 Å². The molecule has 124 valence electrons. The lowest BCUT2D eigenvalue weighted by Crippen LogP contribution is -1.95. The van der Waals surface area contributed by atoms with Gasteiger partial charge < -0.3 is 19.3 Å². The van der Waals surface area contributed by atoms with Crippen LogP contribution >= 0.6 is 11.3 Å². The summed E-state index contributed by atoms with van der Waals surface area (Å²) in [4.78, 5) is 0. The predicted molar refractivity (Wildman–Crippen MR) is 98.5 cm³/mol. The zero-order chi connectivity index (χ0) is 17.1. The molecule has 1 N–H and O–H groups in total. The summed E-state index contributed by atoms with van der Waals surface area (Å²) >= 11 is 1.60. The maximum Gasteiger partial charge on any atom is 0.203 e. The van der Waals surface area contributed by atoms with E-state index in [0.717, 1.165) is 21.2 Å². The van der Waals surface area contributed by atoms with Gasteiger partial charge in [-0.25, -0.2) is 0 Å². The minimum Gasteiger partial charge on any atom is -0.507 e. The molecular formula is C19H18O4S. The van der Waals surface area contributed by atoms with Gasteiger partial charge >= 0.3 is 0 Å². The topological polar surface area (TPSA) is 47.9 Å². The van der Waals surface area contributed by atoms with E-state index in [1.807, 2.05) is 41.8 Å². The third-order valence-electron chi connectivity index (χ3n) is 3.73. The molecule has 24 heavy (non-hydrogen) atoms. The van der Waals surface area contributed by atoms with Crippen LogP contribution in [0.5, 0.6) is 23.0 Å². The van der Waals surface area contributed by atoms with Crippen LogP contribution < -0.4 is 14.2 Å². The van der Waals surface area contributed by atoms with Crippen molar-refractivity contribution >= 4 is 33.6 Å². The number of aromatic hydroxyl groups is 1. The highest BCUT2D eigenvalue weighted by atomic mass is 32.1. The van der Waals surface area contributed by atoms with Crippen molar-refractivity contribution in [3.8, 4) is 23.0 Å². The van der Waals surface area contributed by atoms with Gasteiger partial charge in [0.25, 0.3) is 0 Å². The van der Waals surface area contributed by atoms with E-state index in [0.29, 0.717) is 23.0 Å². The summed E-state index contributed by atoms with van der Waals surface area (Å²) in [6.07, 6.45) is 3.89. The Kier molecular flexibility index (Phi) is 4.62. The third kappa shape index (κ3) is 3.03. The lowest BCUT2D eigenvalue weighted by Gasteiger charge is -2.12. The lowest BCUT2D eigenvalue weighted by atomic mass is 10.1. The van der Waals surface area contributed by atoms with Crippen molar-refractivity contribution in [2.75, 3.05) is 21.3 Å². The predicted octanol–water partition coefficient (Wildman–Crippen LogP) is 4.80. The maximum absolute atomic E-state index is 10.1. The van der Waals surface area contributed by atoms with Crippen LogP contribution in [0.25, 0.3) is 22.2 Å². The zero-order valence-corrected chi connectivity index (χ0v) is 14.5. The number of hydrogen-bond acceptors (Lipinski definition) is 5. The largest absolute Gasteiger partial charge is 0.507 e. The van der Waals surface area contributed by atoms with Crippen LogP contribution in [0.4, 0.5) is 0 Å². The Morgan fingerprint density at radius 2 is 1.50 bits per heavy atom. The SMILES string of the molecule is COc1cc(/C=C/c2cc(O)c3ccsc3c2)cc(OC)c1OC. The highest BCUT2D eigenvalue weighted by Gasteiger charge is 2.12. The van der Waals surface area contributed by atoms with Crippen molar-refractivity contribution in [3.05, 3.63) is 46.8 Å². The molecule has 0 fully saturated rings. The van der Waals surface area contributed by atoms with Crippen molar-refractivity contribution in [2.24, 2.45) is 0 Å². The smallest absolute Gasteiger partial charge is 0.203 e. The Morgan fingerprint density at radius 3 is 2.08 bits per heavy atom. The summed E-state index contributed by atoms with van der Waals surface area (Å²) in [5, 5.41) is 12.9. The van der Waals surface area contributed by atoms with E-state index < -0.39 is 0 Å². The molecule has 0 saturated carbocycles. The summed E-state index contributed by atoms with van der Waals surface area (Å²) in [6, 6.07) is 9.47. The van der Waals surface area contributed by atoms with Crippen LogP contribution in [0, 0.1) is 0 Å².